The number of amides is 1. The van der Waals surface area contributed by atoms with Crippen molar-refractivity contribution in [3.63, 3.8) is 0 Å². The van der Waals surface area contributed by atoms with Gasteiger partial charge in [0.25, 0.3) is 5.91 Å². The molecule has 0 unspecified atom stereocenters. The van der Waals surface area contributed by atoms with E-state index in [0.29, 0.717) is 17.1 Å². The molecular formula is C21H21N3O2. The molecule has 0 fully saturated rings. The summed E-state index contributed by atoms with van der Waals surface area (Å²) in [6, 6.07) is 21.1. The molecule has 3 aromatic rings. The number of nitrogens with one attached hydrogen (secondary N) is 2. The summed E-state index contributed by atoms with van der Waals surface area (Å²) in [5.41, 5.74) is 3.16. The number of ether oxygens (including phenoxy) is 1. The molecule has 3 rings (SSSR count). The van der Waals surface area contributed by atoms with Crippen molar-refractivity contribution in [2.24, 2.45) is 0 Å². The highest BCUT2D eigenvalue weighted by Crippen LogP contribution is 2.18. The predicted octanol–water partition coefficient (Wildman–Crippen LogP) is 4.00. The lowest BCUT2D eigenvalue weighted by atomic mass is 10.1. The minimum atomic E-state index is -0.259. The van der Waals surface area contributed by atoms with Gasteiger partial charge in [0.2, 0.25) is 0 Å². The molecule has 2 N–H and O–H groups in total. The van der Waals surface area contributed by atoms with Crippen molar-refractivity contribution < 1.29 is 9.53 Å². The summed E-state index contributed by atoms with van der Waals surface area (Å²) in [6.07, 6.45) is 2.54. The molecule has 0 bridgehead atoms. The minimum absolute atomic E-state index is 0.259. The molecular weight excluding hydrogens is 326 g/mol. The Hall–Kier alpha value is -3.34. The van der Waals surface area contributed by atoms with Crippen LogP contribution in [0.2, 0.25) is 0 Å². The number of methoxy groups -OCH3 is 1. The van der Waals surface area contributed by atoms with E-state index >= 15 is 0 Å². The summed E-state index contributed by atoms with van der Waals surface area (Å²) >= 11 is 0. The number of aromatic nitrogens is 1. The van der Waals surface area contributed by atoms with Crippen LogP contribution in [0.4, 0.5) is 11.4 Å². The zero-order valence-electron chi connectivity index (χ0n) is 14.6. The SMILES string of the molecule is COc1cccc(NC(=O)c2cc(NCCc3ccccc3)ccn2)c1. The number of rotatable bonds is 7. The lowest BCUT2D eigenvalue weighted by molar-refractivity contribution is 0.102. The molecule has 2 aromatic carbocycles. The average molecular weight is 347 g/mol. The standard InChI is InChI=1S/C21H21N3O2/c1-26-19-9-5-8-18(14-19)24-21(25)20-15-17(11-13-23-20)22-12-10-16-6-3-2-4-7-16/h2-9,11,13-15H,10,12H2,1H3,(H,22,23)(H,24,25). The molecule has 1 aromatic heterocycles. The number of carbonyl (C=O) groups is 1. The van der Waals surface area contributed by atoms with E-state index in [-0.39, 0.29) is 5.91 Å². The third-order valence-corrected chi connectivity index (χ3v) is 3.91. The molecule has 1 amide bonds. The average Bonchev–Trinajstić information content (AvgIpc) is 2.69. The van der Waals surface area contributed by atoms with Crippen molar-refractivity contribution in [1.29, 1.82) is 0 Å². The summed E-state index contributed by atoms with van der Waals surface area (Å²) in [5, 5.41) is 6.16. The van der Waals surface area contributed by atoms with E-state index in [9.17, 15) is 4.79 Å². The number of hydrogen-bond donors (Lipinski definition) is 2. The molecule has 0 aliphatic heterocycles. The fraction of sp³-hybridized carbons (Fsp3) is 0.143. The Morgan fingerprint density at radius 3 is 2.65 bits per heavy atom. The summed E-state index contributed by atoms with van der Waals surface area (Å²) in [6.45, 7) is 0.783. The molecule has 0 radical (unpaired) electrons. The van der Waals surface area contributed by atoms with Gasteiger partial charge in [0.15, 0.2) is 0 Å². The van der Waals surface area contributed by atoms with Gasteiger partial charge < -0.3 is 15.4 Å². The van der Waals surface area contributed by atoms with Crippen molar-refractivity contribution in [2.45, 2.75) is 6.42 Å². The van der Waals surface area contributed by atoms with Gasteiger partial charge in [-0.1, -0.05) is 36.4 Å². The Balaban J connectivity index is 1.60. The maximum absolute atomic E-state index is 12.4. The highest BCUT2D eigenvalue weighted by Gasteiger charge is 2.09. The number of hydrogen-bond acceptors (Lipinski definition) is 4. The maximum Gasteiger partial charge on any atom is 0.274 e. The van der Waals surface area contributed by atoms with E-state index in [1.165, 1.54) is 5.56 Å². The Morgan fingerprint density at radius 1 is 1.00 bits per heavy atom. The maximum atomic E-state index is 12.4. The fourth-order valence-electron chi connectivity index (χ4n) is 2.56. The third-order valence-electron chi connectivity index (χ3n) is 3.91. The zero-order chi connectivity index (χ0) is 18.2. The van der Waals surface area contributed by atoms with Crippen LogP contribution >= 0.6 is 0 Å². The van der Waals surface area contributed by atoms with Gasteiger partial charge in [0.1, 0.15) is 11.4 Å². The van der Waals surface area contributed by atoms with E-state index in [1.54, 1.807) is 25.4 Å². The highest BCUT2D eigenvalue weighted by atomic mass is 16.5. The molecule has 132 valence electrons. The van der Waals surface area contributed by atoms with Gasteiger partial charge in [-0.05, 0) is 36.2 Å². The second-order valence-electron chi connectivity index (χ2n) is 5.78. The Bertz CT molecular complexity index is 866. The first-order valence-electron chi connectivity index (χ1n) is 8.44. The second-order valence-corrected chi connectivity index (χ2v) is 5.78. The van der Waals surface area contributed by atoms with Crippen molar-refractivity contribution >= 4 is 17.3 Å². The van der Waals surface area contributed by atoms with Crippen LogP contribution in [-0.2, 0) is 6.42 Å². The smallest absolute Gasteiger partial charge is 0.274 e. The summed E-state index contributed by atoms with van der Waals surface area (Å²) in [7, 11) is 1.59. The van der Waals surface area contributed by atoms with E-state index < -0.39 is 0 Å². The molecule has 0 saturated carbocycles. The van der Waals surface area contributed by atoms with Crippen LogP contribution in [0.1, 0.15) is 16.1 Å². The summed E-state index contributed by atoms with van der Waals surface area (Å²) in [5.74, 6) is 0.428. The molecule has 0 spiro atoms. The van der Waals surface area contributed by atoms with Crippen molar-refractivity contribution in [3.05, 3.63) is 84.2 Å². The first kappa shape index (κ1) is 17.5. The Labute approximate surface area is 153 Å². The van der Waals surface area contributed by atoms with Gasteiger partial charge in [-0.25, -0.2) is 0 Å². The highest BCUT2D eigenvalue weighted by molar-refractivity contribution is 6.03. The van der Waals surface area contributed by atoms with Crippen LogP contribution in [0, 0.1) is 0 Å². The predicted molar refractivity (Wildman–Crippen MR) is 104 cm³/mol. The van der Waals surface area contributed by atoms with Crippen LogP contribution in [0.5, 0.6) is 5.75 Å². The fourth-order valence-corrected chi connectivity index (χ4v) is 2.56. The lowest BCUT2D eigenvalue weighted by Crippen LogP contribution is -2.14. The molecule has 5 heteroatoms. The van der Waals surface area contributed by atoms with Gasteiger partial charge in [-0.3, -0.25) is 9.78 Å². The summed E-state index contributed by atoms with van der Waals surface area (Å²) < 4.78 is 5.17. The van der Waals surface area contributed by atoms with Crippen LogP contribution < -0.4 is 15.4 Å². The van der Waals surface area contributed by atoms with Gasteiger partial charge >= 0.3 is 0 Å². The number of nitrogens with zero attached hydrogens (tertiary/aromatic N) is 1. The molecule has 5 nitrogen and oxygen atoms in total. The zero-order valence-corrected chi connectivity index (χ0v) is 14.6. The number of benzene rings is 2. The van der Waals surface area contributed by atoms with Crippen LogP contribution in [0.25, 0.3) is 0 Å². The first-order valence-corrected chi connectivity index (χ1v) is 8.44. The van der Waals surface area contributed by atoms with Crippen LogP contribution in [0.15, 0.2) is 72.9 Å². The molecule has 1 heterocycles. The van der Waals surface area contributed by atoms with E-state index in [0.717, 1.165) is 18.7 Å². The molecule has 0 aliphatic rings. The molecule has 26 heavy (non-hydrogen) atoms. The van der Waals surface area contributed by atoms with Gasteiger partial charge in [-0.15, -0.1) is 0 Å². The van der Waals surface area contributed by atoms with Crippen molar-refractivity contribution in [1.82, 2.24) is 4.98 Å². The minimum Gasteiger partial charge on any atom is -0.497 e. The van der Waals surface area contributed by atoms with Crippen LogP contribution in [-0.4, -0.2) is 24.5 Å². The molecule has 0 aliphatic carbocycles. The van der Waals surface area contributed by atoms with E-state index in [4.69, 9.17) is 4.74 Å². The largest absolute Gasteiger partial charge is 0.497 e. The van der Waals surface area contributed by atoms with Gasteiger partial charge in [-0.2, -0.15) is 0 Å². The number of pyridine rings is 1. The first-order chi connectivity index (χ1) is 12.7. The van der Waals surface area contributed by atoms with Gasteiger partial charge in [0.05, 0.1) is 7.11 Å². The van der Waals surface area contributed by atoms with E-state index in [2.05, 4.69) is 27.8 Å². The van der Waals surface area contributed by atoms with Crippen molar-refractivity contribution in [3.8, 4) is 5.75 Å². The van der Waals surface area contributed by atoms with Crippen molar-refractivity contribution in [2.75, 3.05) is 24.3 Å². The normalized spacial score (nSPS) is 10.2. The second kappa shape index (κ2) is 8.67. The Morgan fingerprint density at radius 2 is 1.85 bits per heavy atom. The monoisotopic (exact) mass is 347 g/mol. The van der Waals surface area contributed by atoms with Gasteiger partial charge in [0, 0.05) is 30.2 Å². The molecule has 0 atom stereocenters. The van der Waals surface area contributed by atoms with Crippen LogP contribution in [0.3, 0.4) is 0 Å². The summed E-state index contributed by atoms with van der Waals surface area (Å²) in [4.78, 5) is 16.6. The third kappa shape index (κ3) is 4.83. The van der Waals surface area contributed by atoms with E-state index in [1.807, 2.05) is 42.5 Å². The molecule has 0 saturated heterocycles. The number of carbonyl (C=O) groups excluding carboxylic acids is 1. The number of anilines is 2. The Kier molecular flexibility index (Phi) is 5.83. The lowest BCUT2D eigenvalue weighted by Gasteiger charge is -2.09. The topological polar surface area (TPSA) is 63.2 Å². The quantitative estimate of drug-likeness (QED) is 0.678.